The van der Waals surface area contributed by atoms with Crippen molar-refractivity contribution < 1.29 is 26.7 Å². The minimum atomic E-state index is -0.427. The predicted octanol–water partition coefficient (Wildman–Crippen LogP) is -0.473. The van der Waals surface area contributed by atoms with Gasteiger partial charge in [-0.1, -0.05) is 0 Å². The van der Waals surface area contributed by atoms with Gasteiger partial charge in [-0.2, -0.15) is 0 Å². The van der Waals surface area contributed by atoms with E-state index in [9.17, 15) is 9.59 Å². The minimum absolute atomic E-state index is 0. The molecule has 0 spiro atoms. The second kappa shape index (κ2) is 8.28. The molecule has 0 saturated heterocycles. The molecule has 0 bridgehead atoms. The average molecular weight is 375 g/mol. The van der Waals surface area contributed by atoms with Crippen LogP contribution in [0.3, 0.4) is 0 Å². The van der Waals surface area contributed by atoms with Gasteiger partial charge in [-0.25, -0.2) is 4.79 Å². The summed E-state index contributed by atoms with van der Waals surface area (Å²) in [5, 5.41) is 12.7. The maximum atomic E-state index is 12.1. The number of hydrogen-bond donors (Lipinski definition) is 2. The number of aromatic nitrogens is 1. The number of ether oxygens (including phenoxy) is 1. The summed E-state index contributed by atoms with van der Waals surface area (Å²) in [7, 11) is 0. The van der Waals surface area contributed by atoms with Gasteiger partial charge in [0.2, 0.25) is 5.91 Å². The molecular formula is C14H17ClN3O3S2-. The van der Waals surface area contributed by atoms with Gasteiger partial charge in [-0.15, -0.1) is 22.7 Å². The Hall–Kier alpha value is -1.64. The van der Waals surface area contributed by atoms with E-state index < -0.39 is 5.97 Å². The van der Waals surface area contributed by atoms with Gasteiger partial charge < -0.3 is 27.0 Å². The molecule has 0 aliphatic carbocycles. The number of halogens is 1. The van der Waals surface area contributed by atoms with Crippen LogP contribution in [0.15, 0.2) is 11.6 Å². The molecule has 1 amide bonds. The highest BCUT2D eigenvalue weighted by Crippen LogP contribution is 2.33. The van der Waals surface area contributed by atoms with Crippen molar-refractivity contribution in [1.29, 1.82) is 5.41 Å². The molecule has 0 radical (unpaired) electrons. The van der Waals surface area contributed by atoms with Crippen LogP contribution in [0.2, 0.25) is 0 Å². The van der Waals surface area contributed by atoms with Gasteiger partial charge in [0, 0.05) is 16.5 Å². The van der Waals surface area contributed by atoms with E-state index in [0.29, 0.717) is 15.4 Å². The number of thiazole rings is 1. The van der Waals surface area contributed by atoms with E-state index in [1.54, 1.807) is 18.5 Å². The van der Waals surface area contributed by atoms with Crippen LogP contribution in [0, 0.1) is 19.3 Å². The van der Waals surface area contributed by atoms with Gasteiger partial charge in [0.25, 0.3) is 0 Å². The van der Waals surface area contributed by atoms with Crippen molar-refractivity contribution in [3.05, 3.63) is 32.4 Å². The molecule has 0 aliphatic rings. The third-order valence-electron chi connectivity index (χ3n) is 3.11. The van der Waals surface area contributed by atoms with Crippen molar-refractivity contribution in [1.82, 2.24) is 4.57 Å². The lowest BCUT2D eigenvalue weighted by Crippen LogP contribution is -3.00. The van der Waals surface area contributed by atoms with E-state index in [1.807, 2.05) is 13.8 Å². The maximum Gasteiger partial charge on any atom is 0.341 e. The first-order valence-electron chi connectivity index (χ1n) is 6.69. The highest BCUT2D eigenvalue weighted by molar-refractivity contribution is 7.16. The number of anilines is 1. The third-order valence-corrected chi connectivity index (χ3v) is 4.95. The van der Waals surface area contributed by atoms with Gasteiger partial charge in [-0.05, 0) is 26.3 Å². The van der Waals surface area contributed by atoms with Gasteiger partial charge in [0.15, 0.2) is 4.80 Å². The van der Waals surface area contributed by atoms with E-state index >= 15 is 0 Å². The Labute approximate surface area is 148 Å². The highest BCUT2D eigenvalue weighted by Gasteiger charge is 2.22. The number of carbonyl (C=O) groups is 2. The fourth-order valence-electron chi connectivity index (χ4n) is 1.91. The predicted molar refractivity (Wildman–Crippen MR) is 86.5 cm³/mol. The molecule has 2 rings (SSSR count). The fourth-order valence-corrected chi connectivity index (χ4v) is 3.58. The lowest BCUT2D eigenvalue weighted by Gasteiger charge is -2.07. The van der Waals surface area contributed by atoms with Gasteiger partial charge >= 0.3 is 5.97 Å². The Morgan fingerprint density at radius 1 is 1.39 bits per heavy atom. The molecule has 126 valence electrons. The Morgan fingerprint density at radius 2 is 2.09 bits per heavy atom. The van der Waals surface area contributed by atoms with Crippen LogP contribution in [0.5, 0.6) is 0 Å². The van der Waals surface area contributed by atoms with Crippen molar-refractivity contribution in [2.24, 2.45) is 0 Å². The van der Waals surface area contributed by atoms with Crippen molar-refractivity contribution >= 4 is 39.6 Å². The standard InChI is InChI=1S/C14H17N3O3S2.ClH/c1-4-20-13(19)11-8(2)9(3)22-12(11)16-10(18)7-17-5-6-21-14(17)15;/h5-6,15H,4,7H2,1-3H3,(H,16,18);1H/p-1. The van der Waals surface area contributed by atoms with E-state index in [1.165, 1.54) is 27.2 Å². The number of esters is 1. The SMILES string of the molecule is CCOC(=O)c1c(NC(=O)Cn2ccsc2=N)sc(C)c1C.[Cl-]. The Balaban J connectivity index is 0.00000264. The molecule has 23 heavy (non-hydrogen) atoms. The molecular weight excluding hydrogens is 358 g/mol. The first-order valence-corrected chi connectivity index (χ1v) is 8.39. The van der Waals surface area contributed by atoms with Crippen LogP contribution < -0.4 is 22.5 Å². The van der Waals surface area contributed by atoms with E-state index in [-0.39, 0.29) is 31.5 Å². The van der Waals surface area contributed by atoms with Crippen molar-refractivity contribution in [2.75, 3.05) is 11.9 Å². The summed E-state index contributed by atoms with van der Waals surface area (Å²) in [6, 6.07) is 0. The number of nitrogens with zero attached hydrogens (tertiary/aromatic N) is 1. The first-order chi connectivity index (χ1) is 10.4. The van der Waals surface area contributed by atoms with E-state index in [2.05, 4.69) is 5.32 Å². The number of aryl methyl sites for hydroxylation is 1. The van der Waals surface area contributed by atoms with Crippen molar-refractivity contribution in [3.8, 4) is 0 Å². The van der Waals surface area contributed by atoms with Crippen LogP contribution in [-0.4, -0.2) is 23.1 Å². The topological polar surface area (TPSA) is 84.2 Å². The Bertz CT molecular complexity index is 764. The summed E-state index contributed by atoms with van der Waals surface area (Å²) >= 11 is 2.61. The van der Waals surface area contributed by atoms with Crippen LogP contribution in [-0.2, 0) is 16.1 Å². The number of thiophene rings is 1. The minimum Gasteiger partial charge on any atom is -1.00 e. The zero-order chi connectivity index (χ0) is 16.3. The van der Waals surface area contributed by atoms with Crippen molar-refractivity contribution in [2.45, 2.75) is 27.3 Å². The van der Waals surface area contributed by atoms with Crippen molar-refractivity contribution in [3.63, 3.8) is 0 Å². The quantitative estimate of drug-likeness (QED) is 0.694. The molecule has 0 saturated carbocycles. The largest absolute Gasteiger partial charge is 1.00 e. The summed E-state index contributed by atoms with van der Waals surface area (Å²) in [6.07, 6.45) is 1.68. The zero-order valence-electron chi connectivity index (χ0n) is 12.9. The molecule has 2 N–H and O–H groups in total. The fraction of sp³-hybridized carbons (Fsp3) is 0.357. The zero-order valence-corrected chi connectivity index (χ0v) is 15.3. The molecule has 0 fully saturated rings. The monoisotopic (exact) mass is 374 g/mol. The Morgan fingerprint density at radius 3 is 2.65 bits per heavy atom. The summed E-state index contributed by atoms with van der Waals surface area (Å²) in [6.45, 7) is 5.80. The smallest absolute Gasteiger partial charge is 0.341 e. The first kappa shape index (κ1) is 19.4. The van der Waals surface area contributed by atoms with Gasteiger partial charge in [0.1, 0.15) is 11.5 Å². The molecule has 0 aliphatic heterocycles. The van der Waals surface area contributed by atoms with Crippen LogP contribution >= 0.6 is 22.7 Å². The van der Waals surface area contributed by atoms with E-state index in [0.717, 1.165) is 10.4 Å². The summed E-state index contributed by atoms with van der Waals surface area (Å²) < 4.78 is 6.59. The highest BCUT2D eigenvalue weighted by atomic mass is 35.5. The second-order valence-corrected chi connectivity index (χ2v) is 6.71. The molecule has 0 aromatic carbocycles. The van der Waals surface area contributed by atoms with Crippen LogP contribution in [0.25, 0.3) is 0 Å². The Kier molecular flexibility index (Phi) is 6.99. The lowest BCUT2D eigenvalue weighted by molar-refractivity contribution is -0.116. The molecule has 2 aromatic heterocycles. The summed E-state index contributed by atoms with van der Waals surface area (Å²) in [4.78, 5) is 25.4. The number of amides is 1. The van der Waals surface area contributed by atoms with Gasteiger partial charge in [-0.3, -0.25) is 10.2 Å². The van der Waals surface area contributed by atoms with Gasteiger partial charge in [0.05, 0.1) is 12.2 Å². The average Bonchev–Trinajstić information content (AvgIpc) is 2.95. The van der Waals surface area contributed by atoms with Crippen LogP contribution in [0.1, 0.15) is 27.7 Å². The summed E-state index contributed by atoms with van der Waals surface area (Å²) in [5.41, 5.74) is 1.24. The van der Waals surface area contributed by atoms with Crippen LogP contribution in [0.4, 0.5) is 5.00 Å². The summed E-state index contributed by atoms with van der Waals surface area (Å²) in [5.74, 6) is -0.701. The molecule has 2 heterocycles. The number of carbonyl (C=O) groups excluding carboxylic acids is 2. The number of rotatable bonds is 5. The normalized spacial score (nSPS) is 10.0. The maximum absolute atomic E-state index is 12.1. The second-order valence-electron chi connectivity index (χ2n) is 4.59. The number of hydrogen-bond acceptors (Lipinski definition) is 6. The lowest BCUT2D eigenvalue weighted by atomic mass is 10.1. The third kappa shape index (κ3) is 4.43. The number of nitrogens with one attached hydrogen (secondary N) is 2. The molecule has 6 nitrogen and oxygen atoms in total. The molecule has 2 aromatic rings. The molecule has 9 heteroatoms. The van der Waals surface area contributed by atoms with E-state index in [4.69, 9.17) is 10.1 Å². The molecule has 0 unspecified atom stereocenters. The molecule has 0 atom stereocenters.